The minimum absolute atomic E-state index is 0.398. The van der Waals surface area contributed by atoms with Gasteiger partial charge in [-0.25, -0.2) is 0 Å². The molecule has 0 amide bonds. The fourth-order valence-electron chi connectivity index (χ4n) is 1.48. The van der Waals surface area contributed by atoms with Gasteiger partial charge in [-0.2, -0.15) is 17.0 Å². The van der Waals surface area contributed by atoms with E-state index in [-0.39, 0.29) is 0 Å². The molecule has 1 heterocycles. The van der Waals surface area contributed by atoms with Crippen LogP contribution in [0.1, 0.15) is 12.8 Å². The Morgan fingerprint density at radius 1 is 1.53 bits per heavy atom. The van der Waals surface area contributed by atoms with Gasteiger partial charge in [0.25, 0.3) is 10.2 Å². The van der Waals surface area contributed by atoms with Crippen LogP contribution in [-0.2, 0) is 14.9 Å². The standard InChI is InChI=1S/C9H19N2O3S/c1-10(8-9-14-2)15(12,13)11-6-4-3-5-7-11/h4H,3,5-9H2,1-2H3. The van der Waals surface area contributed by atoms with Crippen LogP contribution >= 0.6 is 0 Å². The fraction of sp³-hybridized carbons (Fsp3) is 0.889. The topological polar surface area (TPSA) is 49.9 Å². The van der Waals surface area contributed by atoms with Crippen molar-refractivity contribution in [3.8, 4) is 0 Å². The summed E-state index contributed by atoms with van der Waals surface area (Å²) in [4.78, 5) is 0. The smallest absolute Gasteiger partial charge is 0.281 e. The molecule has 0 spiro atoms. The second kappa shape index (κ2) is 5.79. The highest BCUT2D eigenvalue weighted by Crippen LogP contribution is 2.14. The van der Waals surface area contributed by atoms with Crippen LogP contribution in [0, 0.1) is 6.42 Å². The number of rotatable bonds is 5. The predicted molar refractivity (Wildman–Crippen MR) is 58.5 cm³/mol. The van der Waals surface area contributed by atoms with Gasteiger partial charge in [-0.3, -0.25) is 0 Å². The molecule has 0 aliphatic carbocycles. The zero-order chi connectivity index (χ0) is 11.3. The van der Waals surface area contributed by atoms with Gasteiger partial charge in [-0.15, -0.1) is 0 Å². The molecule has 1 fully saturated rings. The molecule has 0 atom stereocenters. The van der Waals surface area contributed by atoms with Crippen molar-refractivity contribution >= 4 is 10.2 Å². The van der Waals surface area contributed by atoms with E-state index < -0.39 is 10.2 Å². The first-order valence-corrected chi connectivity index (χ1v) is 6.50. The Morgan fingerprint density at radius 2 is 2.27 bits per heavy atom. The molecule has 0 unspecified atom stereocenters. The molecule has 1 rings (SSSR count). The average molecular weight is 235 g/mol. The molecule has 0 aromatic carbocycles. The molecule has 0 bridgehead atoms. The quantitative estimate of drug-likeness (QED) is 0.679. The van der Waals surface area contributed by atoms with Gasteiger partial charge in [-0.1, -0.05) is 0 Å². The molecule has 1 radical (unpaired) electrons. The monoisotopic (exact) mass is 235 g/mol. The summed E-state index contributed by atoms with van der Waals surface area (Å²) in [5.74, 6) is 0. The number of piperidine rings is 1. The van der Waals surface area contributed by atoms with Crippen LogP contribution in [0.15, 0.2) is 0 Å². The Labute approximate surface area is 92.2 Å². The molecule has 1 saturated heterocycles. The summed E-state index contributed by atoms with van der Waals surface area (Å²) < 4.78 is 31.6. The Balaban J connectivity index is 2.55. The lowest BCUT2D eigenvalue weighted by molar-refractivity contribution is 0.182. The van der Waals surface area contributed by atoms with E-state index in [9.17, 15) is 8.42 Å². The molecule has 0 aromatic heterocycles. The van der Waals surface area contributed by atoms with Crippen LogP contribution in [0.3, 0.4) is 0 Å². The molecule has 0 N–H and O–H groups in total. The van der Waals surface area contributed by atoms with Crippen LogP contribution in [0.25, 0.3) is 0 Å². The van der Waals surface area contributed by atoms with Crippen molar-refractivity contribution in [2.75, 3.05) is 40.4 Å². The van der Waals surface area contributed by atoms with Crippen LogP contribution < -0.4 is 0 Å². The maximum atomic E-state index is 12.0. The number of hydrogen-bond donors (Lipinski definition) is 0. The molecule has 1 aliphatic heterocycles. The summed E-state index contributed by atoms with van der Waals surface area (Å²) in [6.07, 6.45) is 3.93. The van der Waals surface area contributed by atoms with Crippen LogP contribution in [0.4, 0.5) is 0 Å². The predicted octanol–water partition coefficient (Wildman–Crippen LogP) is 0.109. The first-order chi connectivity index (χ1) is 7.09. The van der Waals surface area contributed by atoms with Crippen molar-refractivity contribution in [3.05, 3.63) is 6.42 Å². The summed E-state index contributed by atoms with van der Waals surface area (Å²) in [5.41, 5.74) is 0. The van der Waals surface area contributed by atoms with Gasteiger partial charge in [0.1, 0.15) is 0 Å². The van der Waals surface area contributed by atoms with Crippen molar-refractivity contribution < 1.29 is 13.2 Å². The molecule has 15 heavy (non-hydrogen) atoms. The van der Waals surface area contributed by atoms with Crippen LogP contribution in [0.5, 0.6) is 0 Å². The van der Waals surface area contributed by atoms with Crippen molar-refractivity contribution in [2.45, 2.75) is 12.8 Å². The molecule has 0 saturated carbocycles. The Kier molecular flexibility index (Phi) is 4.98. The maximum absolute atomic E-state index is 12.0. The average Bonchev–Trinajstić information content (AvgIpc) is 2.27. The minimum atomic E-state index is -3.28. The van der Waals surface area contributed by atoms with E-state index >= 15 is 0 Å². The molecule has 6 heteroatoms. The zero-order valence-corrected chi connectivity index (χ0v) is 10.2. The lowest BCUT2D eigenvalue weighted by Gasteiger charge is -2.29. The largest absolute Gasteiger partial charge is 0.383 e. The van der Waals surface area contributed by atoms with E-state index in [4.69, 9.17) is 4.74 Å². The summed E-state index contributed by atoms with van der Waals surface area (Å²) >= 11 is 0. The van der Waals surface area contributed by atoms with Crippen LogP contribution in [-0.4, -0.2) is 57.4 Å². The summed E-state index contributed by atoms with van der Waals surface area (Å²) in [6.45, 7) is 1.97. The maximum Gasteiger partial charge on any atom is 0.281 e. The molecule has 89 valence electrons. The van der Waals surface area contributed by atoms with Crippen LogP contribution in [0.2, 0.25) is 0 Å². The van der Waals surface area contributed by atoms with Gasteiger partial charge in [-0.05, 0) is 19.3 Å². The third-order valence-electron chi connectivity index (χ3n) is 2.48. The normalized spacial score (nSPS) is 19.7. The van der Waals surface area contributed by atoms with Gasteiger partial charge in [0.05, 0.1) is 6.61 Å². The number of methoxy groups -OCH3 is 1. The molecular weight excluding hydrogens is 216 g/mol. The van der Waals surface area contributed by atoms with Gasteiger partial charge in [0, 0.05) is 33.8 Å². The second-order valence-electron chi connectivity index (χ2n) is 3.61. The van der Waals surface area contributed by atoms with E-state index in [1.165, 1.54) is 8.61 Å². The van der Waals surface area contributed by atoms with Gasteiger partial charge >= 0.3 is 0 Å². The Morgan fingerprint density at radius 3 is 2.80 bits per heavy atom. The van der Waals surface area contributed by atoms with E-state index in [0.29, 0.717) is 26.2 Å². The van der Waals surface area contributed by atoms with Crippen molar-refractivity contribution in [3.63, 3.8) is 0 Å². The molecule has 5 nitrogen and oxygen atoms in total. The Hall–Kier alpha value is -0.170. The number of hydrogen-bond acceptors (Lipinski definition) is 3. The van der Waals surface area contributed by atoms with E-state index in [2.05, 4.69) is 0 Å². The first kappa shape index (κ1) is 12.9. The van der Waals surface area contributed by atoms with Crippen molar-refractivity contribution in [1.82, 2.24) is 8.61 Å². The minimum Gasteiger partial charge on any atom is -0.383 e. The second-order valence-corrected chi connectivity index (χ2v) is 5.65. The number of ether oxygens (including phenoxy) is 1. The summed E-state index contributed by atoms with van der Waals surface area (Å²) in [5, 5.41) is 0. The number of nitrogens with zero attached hydrogens (tertiary/aromatic N) is 2. The highest BCUT2D eigenvalue weighted by molar-refractivity contribution is 7.86. The zero-order valence-electron chi connectivity index (χ0n) is 9.35. The van der Waals surface area contributed by atoms with Crippen molar-refractivity contribution in [1.29, 1.82) is 0 Å². The summed E-state index contributed by atoms with van der Waals surface area (Å²) in [6, 6.07) is 0. The third kappa shape index (κ3) is 3.41. The number of likely N-dealkylation sites (N-methyl/N-ethyl adjacent to an activating group) is 1. The van der Waals surface area contributed by atoms with Gasteiger partial charge < -0.3 is 4.74 Å². The lowest BCUT2D eigenvalue weighted by Crippen LogP contribution is -2.45. The van der Waals surface area contributed by atoms with E-state index in [1.54, 1.807) is 14.2 Å². The summed E-state index contributed by atoms with van der Waals surface area (Å²) in [7, 11) is -0.128. The highest BCUT2D eigenvalue weighted by Gasteiger charge is 2.27. The van der Waals surface area contributed by atoms with Crippen molar-refractivity contribution in [2.24, 2.45) is 0 Å². The first-order valence-electron chi connectivity index (χ1n) is 5.11. The van der Waals surface area contributed by atoms with E-state index in [1.807, 2.05) is 6.42 Å². The molecular formula is C9H19N2O3S. The van der Waals surface area contributed by atoms with Gasteiger partial charge in [0.15, 0.2) is 0 Å². The SMILES string of the molecule is COCCN(C)S(=O)(=O)N1C[CH]CCC1. The molecule has 0 aromatic rings. The molecule has 1 aliphatic rings. The Bertz CT molecular complexity index is 273. The highest BCUT2D eigenvalue weighted by atomic mass is 32.2. The fourth-order valence-corrected chi connectivity index (χ4v) is 2.83. The van der Waals surface area contributed by atoms with Gasteiger partial charge in [0.2, 0.25) is 0 Å². The third-order valence-corrected chi connectivity index (χ3v) is 4.43. The van der Waals surface area contributed by atoms with E-state index in [0.717, 1.165) is 12.8 Å². The lowest BCUT2D eigenvalue weighted by atomic mass is 10.2.